The third kappa shape index (κ3) is 6.21. The van der Waals surface area contributed by atoms with E-state index in [-0.39, 0.29) is 24.9 Å². The van der Waals surface area contributed by atoms with Gasteiger partial charge < -0.3 is 19.5 Å². The van der Waals surface area contributed by atoms with Crippen LogP contribution in [0.3, 0.4) is 0 Å². The Morgan fingerprint density at radius 1 is 1.09 bits per heavy atom. The third-order valence-electron chi connectivity index (χ3n) is 4.52. The molecule has 0 aliphatic heterocycles. The van der Waals surface area contributed by atoms with Crippen LogP contribution in [-0.2, 0) is 16.1 Å². The van der Waals surface area contributed by atoms with Gasteiger partial charge in [0.05, 0.1) is 25.5 Å². The zero-order valence-corrected chi connectivity index (χ0v) is 19.3. The summed E-state index contributed by atoms with van der Waals surface area (Å²) in [5.74, 6) is 0.669. The van der Waals surface area contributed by atoms with Gasteiger partial charge in [-0.15, -0.1) is 11.3 Å². The zero-order chi connectivity index (χ0) is 22.9. The van der Waals surface area contributed by atoms with Crippen LogP contribution in [0.2, 0.25) is 5.02 Å². The number of amides is 1. The fraction of sp³-hybridized carbons (Fsp3) is 0.261. The normalized spacial score (nSPS) is 10.5. The molecule has 0 radical (unpaired) electrons. The van der Waals surface area contributed by atoms with Gasteiger partial charge in [0.1, 0.15) is 11.6 Å². The molecule has 0 saturated carbocycles. The van der Waals surface area contributed by atoms with Crippen LogP contribution >= 0.6 is 22.9 Å². The lowest BCUT2D eigenvalue weighted by Gasteiger charge is -2.10. The van der Waals surface area contributed by atoms with Crippen molar-refractivity contribution in [1.29, 1.82) is 0 Å². The molecule has 1 amide bonds. The molecule has 0 bridgehead atoms. The standard InChI is InChI=1S/C23H23ClN2O5S/c1-29-19-6-3-5-18(21(19)30-2)23-26-17(14-32-23)13-31-20(27)7-4-12-25-22(28)15-8-10-16(24)11-9-15/h3,5-6,8-11,14H,4,7,12-13H2,1-2H3,(H,25,28). The van der Waals surface area contributed by atoms with E-state index >= 15 is 0 Å². The van der Waals surface area contributed by atoms with Gasteiger partial charge in [-0.1, -0.05) is 17.7 Å². The number of hydrogen-bond acceptors (Lipinski definition) is 7. The maximum atomic E-state index is 12.0. The summed E-state index contributed by atoms with van der Waals surface area (Å²) in [5, 5.41) is 5.92. The molecule has 1 aromatic heterocycles. The molecule has 3 aromatic rings. The van der Waals surface area contributed by atoms with Crippen molar-refractivity contribution in [1.82, 2.24) is 10.3 Å². The number of carbonyl (C=O) groups excluding carboxylic acids is 2. The molecule has 0 unspecified atom stereocenters. The van der Waals surface area contributed by atoms with E-state index in [4.69, 9.17) is 25.8 Å². The van der Waals surface area contributed by atoms with E-state index in [9.17, 15) is 9.59 Å². The van der Waals surface area contributed by atoms with Crippen LogP contribution in [0, 0.1) is 0 Å². The minimum absolute atomic E-state index is 0.0821. The Morgan fingerprint density at radius 3 is 2.59 bits per heavy atom. The number of methoxy groups -OCH3 is 2. The van der Waals surface area contributed by atoms with Gasteiger partial charge in [0.15, 0.2) is 11.5 Å². The molecule has 7 nitrogen and oxygen atoms in total. The number of aromatic nitrogens is 1. The topological polar surface area (TPSA) is 86.8 Å². The summed E-state index contributed by atoms with van der Waals surface area (Å²) < 4.78 is 16.1. The number of halogens is 1. The van der Waals surface area contributed by atoms with Gasteiger partial charge in [-0.3, -0.25) is 9.59 Å². The Balaban J connectivity index is 1.44. The molecule has 1 heterocycles. The molecule has 0 fully saturated rings. The van der Waals surface area contributed by atoms with Crippen molar-refractivity contribution in [3.05, 3.63) is 64.1 Å². The Kier molecular flexibility index (Phi) is 8.47. The first-order valence-electron chi connectivity index (χ1n) is 9.87. The largest absolute Gasteiger partial charge is 0.493 e. The zero-order valence-electron chi connectivity index (χ0n) is 17.7. The summed E-state index contributed by atoms with van der Waals surface area (Å²) in [6.45, 7) is 0.450. The molecular formula is C23H23ClN2O5S. The summed E-state index contributed by atoms with van der Waals surface area (Å²) >= 11 is 7.25. The molecule has 0 spiro atoms. The maximum absolute atomic E-state index is 12.0. The molecule has 9 heteroatoms. The van der Waals surface area contributed by atoms with Crippen molar-refractivity contribution < 1.29 is 23.8 Å². The van der Waals surface area contributed by atoms with E-state index < -0.39 is 0 Å². The number of ether oxygens (including phenoxy) is 3. The summed E-state index contributed by atoms with van der Waals surface area (Å²) in [6.07, 6.45) is 0.670. The van der Waals surface area contributed by atoms with E-state index in [1.807, 2.05) is 23.6 Å². The average Bonchev–Trinajstić information content (AvgIpc) is 3.29. The number of benzene rings is 2. The highest BCUT2D eigenvalue weighted by Gasteiger charge is 2.15. The van der Waals surface area contributed by atoms with Crippen molar-refractivity contribution in [2.45, 2.75) is 19.4 Å². The van der Waals surface area contributed by atoms with Gasteiger partial charge in [0, 0.05) is 28.9 Å². The van der Waals surface area contributed by atoms with E-state index in [0.717, 1.165) is 10.6 Å². The molecule has 1 N–H and O–H groups in total. The third-order valence-corrected chi connectivity index (χ3v) is 5.69. The lowest BCUT2D eigenvalue weighted by atomic mass is 10.2. The molecule has 32 heavy (non-hydrogen) atoms. The van der Waals surface area contributed by atoms with Crippen LogP contribution in [0.25, 0.3) is 10.6 Å². The second kappa shape index (κ2) is 11.5. The van der Waals surface area contributed by atoms with Crippen molar-refractivity contribution in [3.8, 4) is 22.1 Å². The predicted molar refractivity (Wildman–Crippen MR) is 123 cm³/mol. The quantitative estimate of drug-likeness (QED) is 0.337. The monoisotopic (exact) mass is 474 g/mol. The van der Waals surface area contributed by atoms with Crippen molar-refractivity contribution in [2.75, 3.05) is 20.8 Å². The summed E-state index contributed by atoms with van der Waals surface area (Å²) in [5.41, 5.74) is 1.98. The van der Waals surface area contributed by atoms with Crippen LogP contribution < -0.4 is 14.8 Å². The minimum Gasteiger partial charge on any atom is -0.493 e. The molecule has 168 valence electrons. The number of nitrogens with one attached hydrogen (secondary N) is 1. The highest BCUT2D eigenvalue weighted by molar-refractivity contribution is 7.13. The second-order valence-corrected chi connectivity index (χ2v) is 8.01. The Morgan fingerprint density at radius 2 is 1.88 bits per heavy atom. The van der Waals surface area contributed by atoms with E-state index in [1.54, 1.807) is 38.5 Å². The lowest BCUT2D eigenvalue weighted by Crippen LogP contribution is -2.24. The summed E-state index contributed by atoms with van der Waals surface area (Å²) in [6, 6.07) is 12.2. The van der Waals surface area contributed by atoms with Gasteiger partial charge >= 0.3 is 5.97 Å². The van der Waals surface area contributed by atoms with Crippen LogP contribution in [0.4, 0.5) is 0 Å². The lowest BCUT2D eigenvalue weighted by molar-refractivity contribution is -0.145. The van der Waals surface area contributed by atoms with Crippen molar-refractivity contribution in [3.63, 3.8) is 0 Å². The first-order valence-corrected chi connectivity index (χ1v) is 11.1. The molecule has 0 aliphatic rings. The van der Waals surface area contributed by atoms with Crippen LogP contribution in [0.15, 0.2) is 47.8 Å². The Hall–Kier alpha value is -3.10. The van der Waals surface area contributed by atoms with Crippen LogP contribution in [0.1, 0.15) is 28.9 Å². The number of para-hydroxylation sites is 1. The number of esters is 1. The number of hydrogen-bond donors (Lipinski definition) is 1. The number of nitrogens with zero attached hydrogens (tertiary/aromatic N) is 1. The van der Waals surface area contributed by atoms with E-state index in [2.05, 4.69) is 10.3 Å². The SMILES string of the molecule is COc1cccc(-c2nc(COC(=O)CCCNC(=O)c3ccc(Cl)cc3)cs2)c1OC. The molecule has 0 saturated heterocycles. The molecule has 0 atom stereocenters. The van der Waals surface area contributed by atoms with Gasteiger partial charge in [-0.05, 0) is 42.8 Å². The van der Waals surface area contributed by atoms with Crippen molar-refractivity contribution >= 4 is 34.8 Å². The second-order valence-electron chi connectivity index (χ2n) is 6.71. The highest BCUT2D eigenvalue weighted by Crippen LogP contribution is 2.39. The fourth-order valence-corrected chi connectivity index (χ4v) is 3.87. The van der Waals surface area contributed by atoms with Gasteiger partial charge in [-0.25, -0.2) is 4.98 Å². The summed E-state index contributed by atoms with van der Waals surface area (Å²) in [4.78, 5) is 28.6. The number of thiazole rings is 1. The first kappa shape index (κ1) is 23.6. The van der Waals surface area contributed by atoms with Gasteiger partial charge in [0.2, 0.25) is 0 Å². The fourth-order valence-electron chi connectivity index (χ4n) is 2.92. The highest BCUT2D eigenvalue weighted by atomic mass is 35.5. The van der Waals surface area contributed by atoms with E-state index in [0.29, 0.717) is 40.7 Å². The number of carbonyl (C=O) groups is 2. The molecule has 2 aromatic carbocycles. The molecular weight excluding hydrogens is 452 g/mol. The average molecular weight is 475 g/mol. The number of rotatable bonds is 10. The Labute approximate surface area is 195 Å². The molecule has 3 rings (SSSR count). The smallest absolute Gasteiger partial charge is 0.306 e. The maximum Gasteiger partial charge on any atom is 0.306 e. The first-order chi connectivity index (χ1) is 15.5. The van der Waals surface area contributed by atoms with Crippen LogP contribution in [-0.4, -0.2) is 37.6 Å². The van der Waals surface area contributed by atoms with E-state index in [1.165, 1.54) is 11.3 Å². The summed E-state index contributed by atoms with van der Waals surface area (Å²) in [7, 11) is 3.16. The Bertz CT molecular complexity index is 1070. The van der Waals surface area contributed by atoms with Crippen molar-refractivity contribution in [2.24, 2.45) is 0 Å². The van der Waals surface area contributed by atoms with Crippen LogP contribution in [0.5, 0.6) is 11.5 Å². The minimum atomic E-state index is -0.348. The predicted octanol–water partition coefficient (Wildman–Crippen LogP) is 4.73. The van der Waals surface area contributed by atoms with Gasteiger partial charge in [-0.2, -0.15) is 0 Å². The van der Waals surface area contributed by atoms with Gasteiger partial charge in [0.25, 0.3) is 5.91 Å². The molecule has 0 aliphatic carbocycles.